The number of rotatable bonds is 3. The smallest absolute Gasteiger partial charge is 0.315 e. The fraction of sp³-hybridized carbons (Fsp3) is 0.533. The van der Waals surface area contributed by atoms with Gasteiger partial charge in [-0.15, -0.1) is 0 Å². The van der Waals surface area contributed by atoms with Gasteiger partial charge in [-0.05, 0) is 11.8 Å². The summed E-state index contributed by atoms with van der Waals surface area (Å²) in [6.45, 7) is 5.96. The quantitative estimate of drug-likeness (QED) is 0.633. The Hall–Kier alpha value is -2.31. The minimum atomic E-state index is -0.496. The number of hydrogen-bond acceptors (Lipinski definition) is 5. The zero-order valence-corrected chi connectivity index (χ0v) is 13.4. The molecule has 0 atom stereocenters. The standard InChI is InChI=1S/C15H20N2O5/c1-9(18)16-7-6-15(2,3)12-13(16)11(21-4)8-10(17(19)20)14(12)22-5/h8H,6-7H2,1-5H3. The molecule has 0 aliphatic carbocycles. The molecule has 0 radical (unpaired) electrons. The van der Waals surface area contributed by atoms with Crippen LogP contribution in [0.25, 0.3) is 0 Å². The first kappa shape index (κ1) is 16.1. The summed E-state index contributed by atoms with van der Waals surface area (Å²) in [6, 6.07) is 1.31. The average Bonchev–Trinajstić information content (AvgIpc) is 2.44. The van der Waals surface area contributed by atoms with E-state index in [1.165, 1.54) is 27.2 Å². The molecule has 0 unspecified atom stereocenters. The summed E-state index contributed by atoms with van der Waals surface area (Å²) in [4.78, 5) is 24.4. The van der Waals surface area contributed by atoms with Gasteiger partial charge in [0.05, 0.1) is 30.9 Å². The van der Waals surface area contributed by atoms with Crippen LogP contribution in [0, 0.1) is 10.1 Å². The number of nitrogens with zero attached hydrogens (tertiary/aromatic N) is 2. The summed E-state index contributed by atoms with van der Waals surface area (Å²) >= 11 is 0. The highest BCUT2D eigenvalue weighted by atomic mass is 16.6. The van der Waals surface area contributed by atoms with Crippen LogP contribution in [0.2, 0.25) is 0 Å². The summed E-state index contributed by atoms with van der Waals surface area (Å²) in [6.07, 6.45) is 0.681. The molecule has 1 aromatic rings. The summed E-state index contributed by atoms with van der Waals surface area (Å²) in [5, 5.41) is 11.4. The van der Waals surface area contributed by atoms with Crippen molar-refractivity contribution in [1.29, 1.82) is 0 Å². The van der Waals surface area contributed by atoms with Crippen LogP contribution in [-0.2, 0) is 10.2 Å². The molecular formula is C15H20N2O5. The number of anilines is 1. The fourth-order valence-corrected chi connectivity index (χ4v) is 2.95. The van der Waals surface area contributed by atoms with Crippen LogP contribution in [0.15, 0.2) is 6.07 Å². The molecule has 0 saturated heterocycles. The van der Waals surface area contributed by atoms with Gasteiger partial charge in [0.15, 0.2) is 0 Å². The number of nitro benzene ring substituents is 1. The number of carbonyl (C=O) groups excluding carboxylic acids is 1. The molecule has 1 aromatic carbocycles. The van der Waals surface area contributed by atoms with Crippen molar-refractivity contribution in [3.63, 3.8) is 0 Å². The minimum Gasteiger partial charge on any atom is -0.494 e. The molecule has 0 aromatic heterocycles. The molecule has 0 bridgehead atoms. The normalized spacial score (nSPS) is 16.0. The predicted molar refractivity (Wildman–Crippen MR) is 81.9 cm³/mol. The number of amides is 1. The van der Waals surface area contributed by atoms with E-state index in [1.54, 1.807) is 4.90 Å². The van der Waals surface area contributed by atoms with Gasteiger partial charge in [0.2, 0.25) is 11.7 Å². The maximum absolute atomic E-state index is 12.0. The highest BCUT2D eigenvalue weighted by Gasteiger charge is 2.41. The molecule has 2 rings (SSSR count). The highest BCUT2D eigenvalue weighted by Crippen LogP contribution is 2.53. The number of hydrogen-bond donors (Lipinski definition) is 0. The summed E-state index contributed by atoms with van der Waals surface area (Å²) < 4.78 is 10.7. The van der Waals surface area contributed by atoms with E-state index in [0.717, 1.165) is 0 Å². The largest absolute Gasteiger partial charge is 0.494 e. The second kappa shape index (κ2) is 5.47. The topological polar surface area (TPSA) is 81.9 Å². The van der Waals surface area contributed by atoms with Crippen molar-refractivity contribution in [3.05, 3.63) is 21.7 Å². The van der Waals surface area contributed by atoms with E-state index in [2.05, 4.69) is 0 Å². The van der Waals surface area contributed by atoms with Gasteiger partial charge in [-0.1, -0.05) is 13.8 Å². The monoisotopic (exact) mass is 308 g/mol. The van der Waals surface area contributed by atoms with Crippen LogP contribution >= 0.6 is 0 Å². The van der Waals surface area contributed by atoms with Crippen LogP contribution in [0.5, 0.6) is 11.5 Å². The third-order valence-corrected chi connectivity index (χ3v) is 4.11. The lowest BCUT2D eigenvalue weighted by atomic mass is 9.76. The molecule has 1 amide bonds. The van der Waals surface area contributed by atoms with Crippen molar-refractivity contribution in [3.8, 4) is 11.5 Å². The van der Waals surface area contributed by atoms with E-state index in [0.29, 0.717) is 30.0 Å². The summed E-state index contributed by atoms with van der Waals surface area (Å²) in [5.41, 5.74) is 0.680. The lowest BCUT2D eigenvalue weighted by Crippen LogP contribution is -2.40. The number of methoxy groups -OCH3 is 2. The molecule has 1 aliphatic rings. The minimum absolute atomic E-state index is 0.133. The SMILES string of the molecule is COc1cc([N+](=O)[O-])c(OC)c2c1N(C(C)=O)CCC2(C)C. The Bertz CT molecular complexity index is 639. The Kier molecular flexibility index (Phi) is 4.00. The van der Waals surface area contributed by atoms with E-state index < -0.39 is 4.92 Å². The zero-order valence-electron chi connectivity index (χ0n) is 13.4. The molecule has 1 aliphatic heterocycles. The molecule has 7 heteroatoms. The molecule has 0 spiro atoms. The van der Waals surface area contributed by atoms with E-state index in [4.69, 9.17) is 9.47 Å². The van der Waals surface area contributed by atoms with Gasteiger partial charge in [0, 0.05) is 19.0 Å². The van der Waals surface area contributed by atoms with Gasteiger partial charge in [0.1, 0.15) is 5.75 Å². The number of carbonyl (C=O) groups is 1. The van der Waals surface area contributed by atoms with Gasteiger partial charge in [0.25, 0.3) is 0 Å². The Balaban J connectivity index is 2.90. The van der Waals surface area contributed by atoms with Crippen LogP contribution in [-0.4, -0.2) is 31.6 Å². The first-order valence-electron chi connectivity index (χ1n) is 6.96. The summed E-state index contributed by atoms with van der Waals surface area (Å²) in [7, 11) is 2.84. The van der Waals surface area contributed by atoms with E-state index in [-0.39, 0.29) is 22.8 Å². The van der Waals surface area contributed by atoms with Gasteiger partial charge in [-0.3, -0.25) is 14.9 Å². The molecule has 0 fully saturated rings. The predicted octanol–water partition coefficient (Wildman–Crippen LogP) is 2.65. The molecule has 120 valence electrons. The third kappa shape index (κ3) is 2.36. The number of benzene rings is 1. The van der Waals surface area contributed by atoms with E-state index in [9.17, 15) is 14.9 Å². The molecule has 22 heavy (non-hydrogen) atoms. The van der Waals surface area contributed by atoms with Crippen LogP contribution in [0.4, 0.5) is 11.4 Å². The molecule has 0 saturated carbocycles. The van der Waals surface area contributed by atoms with Crippen LogP contribution in [0.1, 0.15) is 32.8 Å². The maximum Gasteiger partial charge on any atom is 0.315 e. The Labute approximate surface area is 129 Å². The Morgan fingerprint density at radius 3 is 2.45 bits per heavy atom. The number of ether oxygens (including phenoxy) is 2. The van der Waals surface area contributed by atoms with Crippen molar-refractivity contribution in [2.24, 2.45) is 0 Å². The van der Waals surface area contributed by atoms with Gasteiger partial charge >= 0.3 is 5.69 Å². The first-order chi connectivity index (χ1) is 10.2. The summed E-state index contributed by atoms with van der Waals surface area (Å²) in [5.74, 6) is 0.369. The second-order valence-electron chi connectivity index (χ2n) is 5.92. The molecule has 0 N–H and O–H groups in total. The maximum atomic E-state index is 12.0. The van der Waals surface area contributed by atoms with Gasteiger partial charge in [-0.25, -0.2) is 0 Å². The highest BCUT2D eigenvalue weighted by molar-refractivity contribution is 5.96. The second-order valence-corrected chi connectivity index (χ2v) is 5.92. The van der Waals surface area contributed by atoms with Crippen LogP contribution in [0.3, 0.4) is 0 Å². The van der Waals surface area contributed by atoms with Crippen LogP contribution < -0.4 is 14.4 Å². The van der Waals surface area contributed by atoms with Gasteiger partial charge < -0.3 is 14.4 Å². The third-order valence-electron chi connectivity index (χ3n) is 4.11. The first-order valence-corrected chi connectivity index (χ1v) is 6.96. The lowest BCUT2D eigenvalue weighted by Gasteiger charge is -2.40. The Morgan fingerprint density at radius 2 is 2.00 bits per heavy atom. The molecular weight excluding hydrogens is 288 g/mol. The van der Waals surface area contributed by atoms with Gasteiger partial charge in [-0.2, -0.15) is 0 Å². The van der Waals surface area contributed by atoms with Crippen molar-refractivity contribution >= 4 is 17.3 Å². The lowest BCUT2D eigenvalue weighted by molar-refractivity contribution is -0.385. The fourth-order valence-electron chi connectivity index (χ4n) is 2.95. The Morgan fingerprint density at radius 1 is 1.36 bits per heavy atom. The molecule has 1 heterocycles. The zero-order chi connectivity index (χ0) is 16.7. The van der Waals surface area contributed by atoms with Crippen molar-refractivity contribution in [1.82, 2.24) is 0 Å². The van der Waals surface area contributed by atoms with Crippen molar-refractivity contribution in [2.45, 2.75) is 32.6 Å². The van der Waals surface area contributed by atoms with E-state index >= 15 is 0 Å². The molecule has 7 nitrogen and oxygen atoms in total. The number of fused-ring (bicyclic) bond motifs is 1. The average molecular weight is 308 g/mol. The van der Waals surface area contributed by atoms with Crippen molar-refractivity contribution in [2.75, 3.05) is 25.7 Å². The van der Waals surface area contributed by atoms with E-state index in [1.807, 2.05) is 13.8 Å². The number of nitro groups is 1. The van der Waals surface area contributed by atoms with Crippen molar-refractivity contribution < 1.29 is 19.2 Å².